The highest BCUT2D eigenvalue weighted by Crippen LogP contribution is 2.74. The summed E-state index contributed by atoms with van der Waals surface area (Å²) < 4.78 is 0. The average Bonchev–Trinajstić information content (AvgIpc) is 1.55. The molecule has 46 valence electrons. The van der Waals surface area contributed by atoms with Crippen LogP contribution in [-0.2, 0) is 0 Å². The lowest BCUT2D eigenvalue weighted by atomic mass is 9.35. The van der Waals surface area contributed by atoms with Crippen molar-refractivity contribution in [1.82, 2.24) is 0 Å². The van der Waals surface area contributed by atoms with Crippen LogP contribution in [0.1, 0.15) is 39.5 Å². The minimum absolute atomic E-state index is 0.829. The van der Waals surface area contributed by atoms with Crippen molar-refractivity contribution < 1.29 is 0 Å². The van der Waals surface area contributed by atoms with E-state index in [4.69, 9.17) is 0 Å². The summed E-state index contributed by atoms with van der Waals surface area (Å²) in [4.78, 5) is 0. The first-order valence-corrected chi connectivity index (χ1v) is 3.68. The highest BCUT2D eigenvalue weighted by molar-refractivity contribution is 5.13. The van der Waals surface area contributed by atoms with E-state index in [2.05, 4.69) is 13.8 Å². The van der Waals surface area contributed by atoms with Crippen molar-refractivity contribution in [1.29, 1.82) is 0 Å². The standard InChI is InChI=1S/C8H14/c1-3-8-4-7(2,5-8)6-8/h3-6H2,1-2H3. The van der Waals surface area contributed by atoms with Gasteiger partial charge in [0.05, 0.1) is 0 Å². The molecule has 3 rings (SSSR count). The van der Waals surface area contributed by atoms with Crippen molar-refractivity contribution in [2.24, 2.45) is 10.8 Å². The summed E-state index contributed by atoms with van der Waals surface area (Å²) in [5.74, 6) is 0. The summed E-state index contributed by atoms with van der Waals surface area (Å²) in [7, 11) is 0. The first-order valence-electron chi connectivity index (χ1n) is 3.68. The Kier molecular flexibility index (Phi) is 0.595. The first-order chi connectivity index (χ1) is 3.68. The Morgan fingerprint density at radius 3 is 1.88 bits per heavy atom. The number of rotatable bonds is 1. The van der Waals surface area contributed by atoms with Crippen molar-refractivity contribution in [2.75, 3.05) is 0 Å². The van der Waals surface area contributed by atoms with Crippen LogP contribution >= 0.6 is 0 Å². The smallest absolute Gasteiger partial charge is 0.0285 e. The van der Waals surface area contributed by atoms with Gasteiger partial charge in [0.25, 0.3) is 0 Å². The van der Waals surface area contributed by atoms with Gasteiger partial charge < -0.3 is 0 Å². The van der Waals surface area contributed by atoms with Crippen LogP contribution in [0.25, 0.3) is 0 Å². The van der Waals surface area contributed by atoms with Crippen LogP contribution in [0, 0.1) is 10.8 Å². The molecule has 8 heavy (non-hydrogen) atoms. The zero-order valence-electron chi connectivity index (χ0n) is 5.83. The van der Waals surface area contributed by atoms with Gasteiger partial charge in [-0.1, -0.05) is 20.3 Å². The third-order valence-corrected chi connectivity index (χ3v) is 3.16. The van der Waals surface area contributed by atoms with Crippen LogP contribution in [0.4, 0.5) is 0 Å². The fourth-order valence-corrected chi connectivity index (χ4v) is 2.94. The van der Waals surface area contributed by atoms with Crippen molar-refractivity contribution in [3.8, 4) is 0 Å². The maximum Gasteiger partial charge on any atom is -0.0285 e. The fourth-order valence-electron chi connectivity index (χ4n) is 2.94. The van der Waals surface area contributed by atoms with E-state index < -0.39 is 0 Å². The molecular formula is C8H14. The van der Waals surface area contributed by atoms with E-state index >= 15 is 0 Å². The van der Waals surface area contributed by atoms with Crippen LogP contribution in [0.2, 0.25) is 0 Å². The van der Waals surface area contributed by atoms with Gasteiger partial charge in [-0.15, -0.1) is 0 Å². The summed E-state index contributed by atoms with van der Waals surface area (Å²) in [5.41, 5.74) is 1.70. The Balaban J connectivity index is 2.04. The molecule has 0 radical (unpaired) electrons. The predicted octanol–water partition coefficient (Wildman–Crippen LogP) is 2.59. The minimum Gasteiger partial charge on any atom is -0.0649 e. The van der Waals surface area contributed by atoms with Gasteiger partial charge in [-0.2, -0.15) is 0 Å². The Hall–Kier alpha value is 0. The van der Waals surface area contributed by atoms with Crippen LogP contribution in [-0.4, -0.2) is 0 Å². The molecule has 0 heterocycles. The third-order valence-electron chi connectivity index (χ3n) is 3.16. The summed E-state index contributed by atoms with van der Waals surface area (Å²) in [5, 5.41) is 0. The predicted molar refractivity (Wildman–Crippen MR) is 34.7 cm³/mol. The lowest BCUT2D eigenvalue weighted by molar-refractivity contribution is -0.191. The lowest BCUT2D eigenvalue weighted by Gasteiger charge is -2.70. The van der Waals surface area contributed by atoms with E-state index in [1.807, 2.05) is 0 Å². The second kappa shape index (κ2) is 0.984. The number of hydrogen-bond acceptors (Lipinski definition) is 0. The first kappa shape index (κ1) is 4.84. The van der Waals surface area contributed by atoms with Gasteiger partial charge >= 0.3 is 0 Å². The SMILES string of the molecule is CCC12CC(C)(C1)C2. The zero-order chi connectivity index (χ0) is 5.83. The summed E-state index contributed by atoms with van der Waals surface area (Å²) >= 11 is 0. The van der Waals surface area contributed by atoms with Crippen molar-refractivity contribution >= 4 is 0 Å². The fraction of sp³-hybridized carbons (Fsp3) is 1.00. The van der Waals surface area contributed by atoms with Gasteiger partial charge in [0.1, 0.15) is 0 Å². The molecular weight excluding hydrogens is 96.1 g/mol. The monoisotopic (exact) mass is 110 g/mol. The second-order valence-corrected chi connectivity index (χ2v) is 4.19. The van der Waals surface area contributed by atoms with E-state index in [-0.39, 0.29) is 0 Å². The maximum atomic E-state index is 2.42. The highest BCUT2D eigenvalue weighted by atomic mass is 14.7. The van der Waals surface area contributed by atoms with Crippen molar-refractivity contribution in [3.05, 3.63) is 0 Å². The van der Waals surface area contributed by atoms with Gasteiger partial charge in [0.15, 0.2) is 0 Å². The molecule has 0 aromatic heterocycles. The zero-order valence-corrected chi connectivity index (χ0v) is 5.83. The Morgan fingerprint density at radius 2 is 1.75 bits per heavy atom. The second-order valence-electron chi connectivity index (χ2n) is 4.19. The summed E-state index contributed by atoms with van der Waals surface area (Å²) in [6.45, 7) is 4.75. The van der Waals surface area contributed by atoms with Gasteiger partial charge in [0.2, 0.25) is 0 Å². The van der Waals surface area contributed by atoms with Gasteiger partial charge in [-0.05, 0) is 30.1 Å². The molecule has 0 N–H and O–H groups in total. The topological polar surface area (TPSA) is 0 Å². The van der Waals surface area contributed by atoms with E-state index in [9.17, 15) is 0 Å². The molecule has 0 saturated heterocycles. The Bertz CT molecular complexity index is 104. The molecule has 3 aliphatic carbocycles. The van der Waals surface area contributed by atoms with E-state index in [0.717, 1.165) is 10.8 Å². The van der Waals surface area contributed by atoms with Gasteiger partial charge in [-0.3, -0.25) is 0 Å². The average molecular weight is 110 g/mol. The largest absolute Gasteiger partial charge is 0.0649 e. The van der Waals surface area contributed by atoms with Gasteiger partial charge in [0, 0.05) is 0 Å². The molecule has 0 aromatic rings. The normalized spacial score (nSPS) is 59.2. The molecule has 0 heteroatoms. The lowest BCUT2D eigenvalue weighted by Crippen LogP contribution is -2.59. The molecule has 0 nitrogen and oxygen atoms in total. The quantitative estimate of drug-likeness (QED) is 0.486. The molecule has 3 aliphatic rings. The minimum atomic E-state index is 0.829. The van der Waals surface area contributed by atoms with Gasteiger partial charge in [-0.25, -0.2) is 0 Å². The molecule has 0 aromatic carbocycles. The summed E-state index contributed by atoms with van der Waals surface area (Å²) in [6, 6.07) is 0. The van der Waals surface area contributed by atoms with Crippen LogP contribution in [0.5, 0.6) is 0 Å². The maximum absolute atomic E-state index is 2.42. The van der Waals surface area contributed by atoms with Crippen molar-refractivity contribution in [2.45, 2.75) is 39.5 Å². The summed E-state index contributed by atoms with van der Waals surface area (Å²) in [6.07, 6.45) is 6.05. The highest BCUT2D eigenvalue weighted by Gasteiger charge is 2.63. The molecule has 0 unspecified atom stereocenters. The molecule has 3 fully saturated rings. The molecule has 0 amide bonds. The van der Waals surface area contributed by atoms with Crippen molar-refractivity contribution in [3.63, 3.8) is 0 Å². The Morgan fingerprint density at radius 1 is 1.25 bits per heavy atom. The molecule has 0 spiro atoms. The third kappa shape index (κ3) is 0.340. The van der Waals surface area contributed by atoms with Crippen LogP contribution in [0.3, 0.4) is 0 Å². The molecule has 0 aliphatic heterocycles. The Labute approximate surface area is 51.3 Å². The van der Waals surface area contributed by atoms with E-state index in [1.165, 1.54) is 25.7 Å². The number of hydrogen-bond donors (Lipinski definition) is 0. The van der Waals surface area contributed by atoms with Crippen LogP contribution < -0.4 is 0 Å². The molecule has 0 atom stereocenters. The van der Waals surface area contributed by atoms with E-state index in [0.29, 0.717) is 0 Å². The van der Waals surface area contributed by atoms with E-state index in [1.54, 1.807) is 0 Å². The molecule has 2 bridgehead atoms. The molecule has 3 saturated carbocycles. The van der Waals surface area contributed by atoms with Crippen LogP contribution in [0.15, 0.2) is 0 Å².